The minimum Gasteiger partial charge on any atom is -0.491 e. The van der Waals surface area contributed by atoms with Crippen LogP contribution in [0.15, 0.2) is 24.4 Å². The molecule has 208 valence electrons. The Hall–Kier alpha value is -2.29. The Morgan fingerprint density at radius 1 is 1.21 bits per heavy atom. The number of rotatable bonds is 9. The number of aromatic nitrogens is 1. The predicted octanol–water partition coefficient (Wildman–Crippen LogP) is 6.45. The Kier molecular flexibility index (Phi) is 7.82. The number of halogens is 1. The van der Waals surface area contributed by atoms with Crippen LogP contribution in [0, 0.1) is 5.82 Å². The van der Waals surface area contributed by atoms with E-state index in [0.29, 0.717) is 25.5 Å². The summed E-state index contributed by atoms with van der Waals surface area (Å²) in [6.45, 7) is 17.3. The number of ether oxygens (including phenoxy) is 1. The van der Waals surface area contributed by atoms with Crippen LogP contribution in [0.2, 0.25) is 18.1 Å². The van der Waals surface area contributed by atoms with Crippen molar-refractivity contribution >= 4 is 14.2 Å². The van der Waals surface area contributed by atoms with E-state index in [9.17, 15) is 9.18 Å². The average Bonchev–Trinajstić information content (AvgIpc) is 3.60. The van der Waals surface area contributed by atoms with E-state index < -0.39 is 14.1 Å². The Balaban J connectivity index is 1.73. The van der Waals surface area contributed by atoms with E-state index in [1.165, 1.54) is 17.3 Å². The van der Waals surface area contributed by atoms with Crippen molar-refractivity contribution in [3.8, 4) is 5.75 Å². The monoisotopic (exact) mass is 541 g/mol. The fraction of sp³-hybridized carbons (Fsp3) is 0.600. The van der Waals surface area contributed by atoms with E-state index in [1.807, 2.05) is 18.7 Å². The normalized spacial score (nSPS) is 17.7. The van der Waals surface area contributed by atoms with Crippen molar-refractivity contribution in [2.24, 2.45) is 0 Å². The van der Waals surface area contributed by atoms with Crippen molar-refractivity contribution in [1.82, 2.24) is 14.8 Å². The van der Waals surface area contributed by atoms with Crippen molar-refractivity contribution in [2.45, 2.75) is 90.2 Å². The summed E-state index contributed by atoms with van der Waals surface area (Å²) in [6, 6.07) is 5.64. The molecular formula is C30H44FN3O3Si. The molecule has 8 heteroatoms. The molecule has 0 saturated heterocycles. The fourth-order valence-electron chi connectivity index (χ4n) is 5.19. The summed E-state index contributed by atoms with van der Waals surface area (Å²) >= 11 is 0. The summed E-state index contributed by atoms with van der Waals surface area (Å²) in [7, 11) is 2.18. The number of fused-ring (bicyclic) bond motifs is 2. The van der Waals surface area contributed by atoms with Gasteiger partial charge in [-0.15, -0.1) is 0 Å². The van der Waals surface area contributed by atoms with E-state index >= 15 is 0 Å². The molecule has 4 rings (SSSR count). The van der Waals surface area contributed by atoms with Crippen LogP contribution in [0.5, 0.6) is 5.75 Å². The molecule has 1 aliphatic heterocycles. The number of nitrogens with zero attached hydrogens (tertiary/aromatic N) is 3. The lowest BCUT2D eigenvalue weighted by Crippen LogP contribution is -2.45. The highest BCUT2D eigenvalue weighted by Crippen LogP contribution is 2.55. The van der Waals surface area contributed by atoms with Crippen LogP contribution in [0.4, 0.5) is 4.39 Å². The zero-order valence-corrected chi connectivity index (χ0v) is 25.6. The molecule has 1 aromatic heterocycles. The summed E-state index contributed by atoms with van der Waals surface area (Å²) in [5.41, 5.74) is 4.84. The van der Waals surface area contributed by atoms with Gasteiger partial charge in [0.05, 0.1) is 31.1 Å². The van der Waals surface area contributed by atoms with Crippen molar-refractivity contribution in [3.05, 3.63) is 58.2 Å². The number of hydrogen-bond donors (Lipinski definition) is 0. The van der Waals surface area contributed by atoms with Crippen molar-refractivity contribution in [2.75, 3.05) is 27.2 Å². The first kappa shape index (κ1) is 28.7. The third-order valence-electron chi connectivity index (χ3n) is 8.56. The maximum Gasteiger partial charge on any atom is 0.254 e. The third-order valence-corrected chi connectivity index (χ3v) is 13.0. The highest BCUT2D eigenvalue weighted by Gasteiger charge is 2.53. The van der Waals surface area contributed by atoms with Crippen LogP contribution in [0.1, 0.15) is 86.2 Å². The molecule has 0 radical (unpaired) electrons. The molecule has 2 aliphatic rings. The van der Waals surface area contributed by atoms with Crippen molar-refractivity contribution in [3.63, 3.8) is 0 Å². The van der Waals surface area contributed by atoms with E-state index in [2.05, 4.69) is 70.0 Å². The van der Waals surface area contributed by atoms with E-state index in [4.69, 9.17) is 9.16 Å². The second kappa shape index (κ2) is 10.4. The van der Waals surface area contributed by atoms with Crippen molar-refractivity contribution < 1.29 is 18.3 Å². The Morgan fingerprint density at radius 3 is 2.47 bits per heavy atom. The molecule has 1 aromatic carbocycles. The lowest BCUT2D eigenvalue weighted by atomic mass is 9.81. The van der Waals surface area contributed by atoms with Gasteiger partial charge < -0.3 is 19.0 Å². The molecule has 6 nitrogen and oxygen atoms in total. The molecular weight excluding hydrogens is 497 g/mol. The highest BCUT2D eigenvalue weighted by atomic mass is 28.4. The first-order chi connectivity index (χ1) is 17.7. The number of carbonyl (C=O) groups is 1. The Morgan fingerprint density at radius 2 is 1.89 bits per heavy atom. The molecule has 1 amide bonds. The summed E-state index contributed by atoms with van der Waals surface area (Å²) in [6.07, 6.45) is 3.30. The number of benzene rings is 1. The first-order valence-corrected chi connectivity index (χ1v) is 16.6. The molecule has 1 atom stereocenters. The minimum absolute atomic E-state index is 0.00305. The van der Waals surface area contributed by atoms with E-state index in [1.54, 1.807) is 6.07 Å². The molecule has 0 bridgehead atoms. The van der Waals surface area contributed by atoms with Crippen LogP contribution in [-0.4, -0.2) is 56.3 Å². The Bertz CT molecular complexity index is 1200. The standard InChI is InChI=1S/C30H44FN3O3Si/c1-10-36-26-15-25(32-16-24(26)31)20(2)34-19-30(11-12-30)27-22(17-33(6)7)13-21(14-23(27)28(34)35)18-37-38(8,9)29(3,4)5/h13-16,20H,10-12,17-19H2,1-9H3/t20-/m0/s1. The number of carbonyl (C=O) groups excluding carboxylic acids is 1. The van der Waals surface area contributed by atoms with Gasteiger partial charge in [-0.3, -0.25) is 9.78 Å². The van der Waals surface area contributed by atoms with E-state index in [-0.39, 0.29) is 28.2 Å². The molecule has 0 N–H and O–H groups in total. The number of amides is 1. The highest BCUT2D eigenvalue weighted by molar-refractivity contribution is 6.74. The maximum atomic E-state index is 14.2. The van der Waals surface area contributed by atoms with Gasteiger partial charge in [0.25, 0.3) is 5.91 Å². The van der Waals surface area contributed by atoms with Gasteiger partial charge in [0.15, 0.2) is 19.9 Å². The summed E-state index contributed by atoms with van der Waals surface area (Å²) in [5, 5.41) is 0.107. The van der Waals surface area contributed by atoms with Crippen LogP contribution in [0.25, 0.3) is 0 Å². The van der Waals surface area contributed by atoms with E-state index in [0.717, 1.165) is 30.5 Å². The van der Waals surface area contributed by atoms with Gasteiger partial charge in [-0.05, 0) is 81.7 Å². The molecule has 1 fully saturated rings. The molecule has 1 saturated carbocycles. The molecule has 2 aromatic rings. The largest absolute Gasteiger partial charge is 0.491 e. The lowest BCUT2D eigenvalue weighted by molar-refractivity contribution is 0.0633. The number of hydrogen-bond acceptors (Lipinski definition) is 5. The van der Waals surface area contributed by atoms with Crippen LogP contribution in [-0.2, 0) is 23.0 Å². The zero-order chi connectivity index (χ0) is 28.0. The van der Waals surface area contributed by atoms with Gasteiger partial charge in [0.1, 0.15) is 0 Å². The molecule has 38 heavy (non-hydrogen) atoms. The lowest BCUT2D eigenvalue weighted by Gasteiger charge is -2.40. The van der Waals surface area contributed by atoms with Crippen LogP contribution < -0.4 is 4.74 Å². The first-order valence-electron chi connectivity index (χ1n) is 13.7. The fourth-order valence-corrected chi connectivity index (χ4v) is 6.15. The Labute approximate surface area is 228 Å². The second-order valence-electron chi connectivity index (χ2n) is 12.8. The minimum atomic E-state index is -1.95. The van der Waals surface area contributed by atoms with Gasteiger partial charge in [-0.25, -0.2) is 4.39 Å². The maximum absolute atomic E-state index is 14.2. The number of pyridine rings is 1. The van der Waals surface area contributed by atoms with Gasteiger partial charge in [-0.2, -0.15) is 0 Å². The van der Waals surface area contributed by atoms with Gasteiger partial charge in [0, 0.05) is 30.1 Å². The van der Waals surface area contributed by atoms with Gasteiger partial charge in [0.2, 0.25) is 0 Å². The zero-order valence-electron chi connectivity index (χ0n) is 24.6. The molecule has 1 aliphatic carbocycles. The summed E-state index contributed by atoms with van der Waals surface area (Å²) < 4.78 is 26.2. The average molecular weight is 542 g/mol. The molecule has 2 heterocycles. The smallest absolute Gasteiger partial charge is 0.254 e. The summed E-state index contributed by atoms with van der Waals surface area (Å²) in [5.74, 6) is -0.312. The predicted molar refractivity (Wildman–Crippen MR) is 152 cm³/mol. The SMILES string of the molecule is CCOc1cc([C@H](C)N2CC3(CC3)c3c(CN(C)C)cc(CO[Si](C)(C)C(C)(C)C)cc3C2=O)ncc1F. The van der Waals surface area contributed by atoms with Gasteiger partial charge >= 0.3 is 0 Å². The second-order valence-corrected chi connectivity index (χ2v) is 17.6. The molecule has 0 unspecified atom stereocenters. The van der Waals surface area contributed by atoms with Crippen molar-refractivity contribution in [1.29, 1.82) is 0 Å². The van der Waals surface area contributed by atoms with Gasteiger partial charge in [-0.1, -0.05) is 26.8 Å². The molecule has 1 spiro atoms. The topological polar surface area (TPSA) is 54.9 Å². The van der Waals surface area contributed by atoms with Crippen LogP contribution >= 0.6 is 0 Å². The third kappa shape index (κ3) is 5.54. The summed E-state index contributed by atoms with van der Waals surface area (Å²) in [4.78, 5) is 22.5. The van der Waals surface area contributed by atoms with Crippen LogP contribution in [0.3, 0.4) is 0 Å². The quantitative estimate of drug-likeness (QED) is 0.342.